The summed E-state index contributed by atoms with van der Waals surface area (Å²) in [6.45, 7) is 2.08. The highest BCUT2D eigenvalue weighted by molar-refractivity contribution is 5.96. The summed E-state index contributed by atoms with van der Waals surface area (Å²) in [5.74, 6) is -3.41. The van der Waals surface area contributed by atoms with E-state index in [1.807, 2.05) is 6.92 Å². The second-order valence-electron chi connectivity index (χ2n) is 8.10. The molecule has 0 radical (unpaired) electrons. The largest absolute Gasteiger partial charge is 0.464 e. The van der Waals surface area contributed by atoms with E-state index in [-0.39, 0.29) is 24.3 Å². The third kappa shape index (κ3) is 5.67. The Labute approximate surface area is 175 Å². The highest BCUT2D eigenvalue weighted by atomic mass is 19.3. The summed E-state index contributed by atoms with van der Waals surface area (Å²) in [5, 5.41) is 18.3. The predicted octanol–water partition coefficient (Wildman–Crippen LogP) is 1.05. The normalized spacial score (nSPS) is 20.1. The van der Waals surface area contributed by atoms with Crippen LogP contribution in [0.4, 0.5) is 13.6 Å². The highest BCUT2D eigenvalue weighted by Crippen LogP contribution is 2.48. The number of hydrogen-bond acceptors (Lipinski definition) is 6. The first-order valence-corrected chi connectivity index (χ1v) is 9.72. The summed E-state index contributed by atoms with van der Waals surface area (Å²) in [6, 6.07) is -0.373. The molecule has 2 heterocycles. The topological polar surface area (TPSA) is 154 Å². The maximum absolute atomic E-state index is 12.8. The zero-order valence-electron chi connectivity index (χ0n) is 16.7. The van der Waals surface area contributed by atoms with Crippen molar-refractivity contribution < 1.29 is 37.6 Å². The molecule has 0 bridgehead atoms. The lowest BCUT2D eigenvalue weighted by Crippen LogP contribution is -2.55. The number of nitrogens with zero attached hydrogens (tertiary/aromatic N) is 2. The Hall–Kier alpha value is -3.25. The maximum Gasteiger partial charge on any atom is 0.426 e. The number of amides is 4. The number of alkyl halides is 2. The van der Waals surface area contributed by atoms with Gasteiger partial charge in [0.15, 0.2) is 5.69 Å². The number of hydrazine groups is 1. The van der Waals surface area contributed by atoms with E-state index in [1.54, 1.807) is 0 Å². The van der Waals surface area contributed by atoms with Gasteiger partial charge in [-0.3, -0.25) is 19.8 Å². The van der Waals surface area contributed by atoms with Crippen molar-refractivity contribution in [3.05, 3.63) is 17.5 Å². The Morgan fingerprint density at radius 3 is 2.65 bits per heavy atom. The Morgan fingerprint density at radius 2 is 2.13 bits per heavy atom. The zero-order valence-corrected chi connectivity index (χ0v) is 16.7. The lowest BCUT2D eigenvalue weighted by atomic mass is 9.98. The first-order valence-electron chi connectivity index (χ1n) is 9.72. The Bertz CT molecular complexity index is 871. The van der Waals surface area contributed by atoms with Crippen LogP contribution in [0.5, 0.6) is 0 Å². The third-order valence-corrected chi connectivity index (χ3v) is 5.44. The number of halogens is 2. The average molecular weight is 443 g/mol. The molecule has 0 aromatic carbocycles. The van der Waals surface area contributed by atoms with Crippen molar-refractivity contribution in [3.8, 4) is 0 Å². The fourth-order valence-corrected chi connectivity index (χ4v) is 3.27. The fourth-order valence-electron chi connectivity index (χ4n) is 3.27. The number of rotatable bonds is 8. The van der Waals surface area contributed by atoms with E-state index in [4.69, 9.17) is 0 Å². The number of hydrogen-bond donors (Lipinski definition) is 4. The lowest BCUT2D eigenvalue weighted by Gasteiger charge is -2.26. The second-order valence-corrected chi connectivity index (χ2v) is 8.10. The molecule has 13 heteroatoms. The molecule has 1 aromatic heterocycles. The number of aromatic nitrogens is 1. The molecular weight excluding hydrogens is 420 g/mol. The molecule has 1 aliphatic carbocycles. The van der Waals surface area contributed by atoms with Gasteiger partial charge in [-0.15, -0.1) is 0 Å². The fraction of sp³-hybridized carbons (Fsp3) is 0.611. The second kappa shape index (κ2) is 8.86. The van der Waals surface area contributed by atoms with Crippen molar-refractivity contribution >= 4 is 23.8 Å². The SMILES string of the molecule is CC1(C[C@H](NC(=O)c2cc(C(F)F)on2)C(=O)NN(C[C@@H]2CCNC2=O)C(=O)O)CC1. The quantitative estimate of drug-likeness (QED) is 0.438. The van der Waals surface area contributed by atoms with Crippen LogP contribution in [0.3, 0.4) is 0 Å². The molecule has 31 heavy (non-hydrogen) atoms. The van der Waals surface area contributed by atoms with Gasteiger partial charge in [-0.05, 0) is 31.1 Å². The molecule has 170 valence electrons. The molecule has 2 aliphatic rings. The number of nitrogens with one attached hydrogen (secondary N) is 3. The van der Waals surface area contributed by atoms with Gasteiger partial charge in [0, 0.05) is 12.6 Å². The van der Waals surface area contributed by atoms with Crippen molar-refractivity contribution in [1.29, 1.82) is 0 Å². The number of carbonyl (C=O) groups excluding carboxylic acids is 3. The molecule has 4 N–H and O–H groups in total. The average Bonchev–Trinajstić information content (AvgIpc) is 3.09. The van der Waals surface area contributed by atoms with Crippen LogP contribution in [-0.2, 0) is 9.59 Å². The van der Waals surface area contributed by atoms with Crippen molar-refractivity contribution in [2.24, 2.45) is 11.3 Å². The van der Waals surface area contributed by atoms with Gasteiger partial charge in [-0.1, -0.05) is 12.1 Å². The van der Waals surface area contributed by atoms with Crippen LogP contribution < -0.4 is 16.1 Å². The van der Waals surface area contributed by atoms with Gasteiger partial charge in [-0.25, -0.2) is 18.6 Å². The molecule has 0 unspecified atom stereocenters. The van der Waals surface area contributed by atoms with E-state index in [1.165, 1.54) is 0 Å². The monoisotopic (exact) mass is 443 g/mol. The van der Waals surface area contributed by atoms with Crippen LogP contribution >= 0.6 is 0 Å². The van der Waals surface area contributed by atoms with Crippen LogP contribution in [0.25, 0.3) is 0 Å². The van der Waals surface area contributed by atoms with Crippen LogP contribution in [0, 0.1) is 11.3 Å². The van der Waals surface area contributed by atoms with Crippen molar-refractivity contribution in [1.82, 2.24) is 26.2 Å². The van der Waals surface area contributed by atoms with Gasteiger partial charge in [0.05, 0.1) is 12.5 Å². The summed E-state index contributed by atoms with van der Waals surface area (Å²) in [7, 11) is 0. The van der Waals surface area contributed by atoms with E-state index in [2.05, 4.69) is 25.7 Å². The van der Waals surface area contributed by atoms with E-state index in [0.29, 0.717) is 18.0 Å². The van der Waals surface area contributed by atoms with Gasteiger partial charge in [0.2, 0.25) is 11.7 Å². The summed E-state index contributed by atoms with van der Waals surface area (Å²) in [6.07, 6.45) is -2.14. The summed E-state index contributed by atoms with van der Waals surface area (Å²) in [4.78, 5) is 48.5. The predicted molar refractivity (Wildman–Crippen MR) is 98.7 cm³/mol. The third-order valence-electron chi connectivity index (χ3n) is 5.44. The highest BCUT2D eigenvalue weighted by Gasteiger charge is 2.42. The molecule has 1 aliphatic heterocycles. The number of carbonyl (C=O) groups is 4. The van der Waals surface area contributed by atoms with Crippen molar-refractivity contribution in [2.45, 2.75) is 45.1 Å². The summed E-state index contributed by atoms with van der Waals surface area (Å²) < 4.78 is 29.7. The summed E-state index contributed by atoms with van der Waals surface area (Å²) >= 11 is 0. The van der Waals surface area contributed by atoms with E-state index in [0.717, 1.165) is 18.9 Å². The summed E-state index contributed by atoms with van der Waals surface area (Å²) in [5.41, 5.74) is 1.59. The van der Waals surface area contributed by atoms with Crippen LogP contribution in [-0.4, -0.2) is 58.2 Å². The molecular formula is C18H23F2N5O6. The maximum atomic E-state index is 12.8. The van der Waals surface area contributed by atoms with Crippen molar-refractivity contribution in [3.63, 3.8) is 0 Å². The smallest absolute Gasteiger partial charge is 0.426 e. The zero-order chi connectivity index (χ0) is 22.8. The molecule has 2 atom stereocenters. The van der Waals surface area contributed by atoms with E-state index < -0.39 is 47.7 Å². The molecule has 1 saturated carbocycles. The Morgan fingerprint density at radius 1 is 1.42 bits per heavy atom. The first-order chi connectivity index (χ1) is 14.6. The minimum absolute atomic E-state index is 0.210. The van der Waals surface area contributed by atoms with E-state index >= 15 is 0 Å². The molecule has 11 nitrogen and oxygen atoms in total. The molecule has 1 aromatic rings. The van der Waals surface area contributed by atoms with Gasteiger partial charge < -0.3 is 20.3 Å². The van der Waals surface area contributed by atoms with Crippen LogP contribution in [0.2, 0.25) is 0 Å². The van der Waals surface area contributed by atoms with Gasteiger partial charge in [-0.2, -0.15) is 0 Å². The minimum Gasteiger partial charge on any atom is -0.464 e. The lowest BCUT2D eigenvalue weighted by molar-refractivity contribution is -0.129. The number of carboxylic acid groups (broad SMARTS) is 1. The van der Waals surface area contributed by atoms with Gasteiger partial charge >= 0.3 is 6.09 Å². The van der Waals surface area contributed by atoms with Gasteiger partial charge in [0.1, 0.15) is 6.04 Å². The Kier molecular flexibility index (Phi) is 6.41. The molecule has 2 fully saturated rings. The standard InChI is InChI=1S/C18H23F2N5O6/c1-18(3-4-18)7-11(22-15(27)10-6-12(13(19)20)31-24-10)16(28)23-25(17(29)30)8-9-2-5-21-14(9)26/h6,9,11,13H,2-5,7-8H2,1H3,(H,21,26)(H,22,27)(H,23,28)(H,29,30)/t9-,11-/m0/s1. The molecule has 3 rings (SSSR count). The molecule has 1 saturated heterocycles. The van der Waals surface area contributed by atoms with Crippen LogP contribution in [0.1, 0.15) is 55.3 Å². The van der Waals surface area contributed by atoms with E-state index in [9.17, 15) is 33.1 Å². The first kappa shape index (κ1) is 22.4. The molecule has 0 spiro atoms. The van der Waals surface area contributed by atoms with Crippen LogP contribution in [0.15, 0.2) is 10.6 Å². The van der Waals surface area contributed by atoms with Gasteiger partial charge in [0.25, 0.3) is 18.2 Å². The molecule has 4 amide bonds. The minimum atomic E-state index is -2.95. The van der Waals surface area contributed by atoms with Crippen molar-refractivity contribution in [2.75, 3.05) is 13.1 Å². The Balaban J connectivity index is 1.69.